The summed E-state index contributed by atoms with van der Waals surface area (Å²) in [6.45, 7) is 13.7. The van der Waals surface area contributed by atoms with Crippen molar-refractivity contribution >= 4 is 19.8 Å². The Morgan fingerprint density at radius 3 is 2.03 bits per heavy atom. The summed E-state index contributed by atoms with van der Waals surface area (Å²) in [6.07, 6.45) is 20.4. The van der Waals surface area contributed by atoms with Crippen LogP contribution >= 0.6 is 11.8 Å². The van der Waals surface area contributed by atoms with Crippen molar-refractivity contribution in [2.75, 3.05) is 0 Å². The van der Waals surface area contributed by atoms with E-state index >= 15 is 0 Å². The molecule has 1 heterocycles. The van der Waals surface area contributed by atoms with Gasteiger partial charge in [0.2, 0.25) is 0 Å². The van der Waals surface area contributed by atoms with Crippen LogP contribution in [0.3, 0.4) is 0 Å². The number of hydrogen-bond donors (Lipinski definition) is 0. The summed E-state index contributed by atoms with van der Waals surface area (Å²) < 4.78 is 0. The zero-order valence-corrected chi connectivity index (χ0v) is 25.8. The average Bonchev–Trinajstić information content (AvgIpc) is 3.51. The lowest BCUT2D eigenvalue weighted by molar-refractivity contribution is 0.0976. The fraction of sp³-hybridized carbons (Fsp3) is 1.00. The highest BCUT2D eigenvalue weighted by molar-refractivity contribution is 8.00. The van der Waals surface area contributed by atoms with Crippen LogP contribution in [-0.4, -0.2) is 18.6 Å². The van der Waals surface area contributed by atoms with Gasteiger partial charge >= 0.3 is 0 Å². The Kier molecular flexibility index (Phi) is 7.58. The van der Waals surface area contributed by atoms with Crippen LogP contribution in [0.25, 0.3) is 0 Å². The molecule has 6 aliphatic rings. The average molecular weight is 515 g/mol. The molecule has 35 heavy (non-hydrogen) atoms. The van der Waals surface area contributed by atoms with Crippen molar-refractivity contribution in [1.29, 1.82) is 0 Å². The molecule has 0 radical (unpaired) electrons. The molecule has 0 aromatic heterocycles. The van der Waals surface area contributed by atoms with Crippen LogP contribution in [0.15, 0.2) is 0 Å². The summed E-state index contributed by atoms with van der Waals surface area (Å²) in [4.78, 5) is 0. The van der Waals surface area contributed by atoms with E-state index in [0.717, 1.165) is 74.8 Å². The first kappa shape index (κ1) is 25.8. The Balaban J connectivity index is 1.34. The predicted molar refractivity (Wildman–Crippen MR) is 158 cm³/mol. The molecule has 5 aliphatic carbocycles. The van der Waals surface area contributed by atoms with Gasteiger partial charge < -0.3 is 0 Å². The number of rotatable bonds is 5. The molecule has 6 fully saturated rings. The maximum Gasteiger partial charge on any atom is 0.0604 e. The summed E-state index contributed by atoms with van der Waals surface area (Å²) in [7, 11) is -1.41. The Hall–Kier alpha value is 0.567. The molecule has 5 saturated carbocycles. The predicted octanol–water partition coefficient (Wildman–Crippen LogP) is 10.4. The molecule has 0 nitrogen and oxygen atoms in total. The molecule has 6 rings (SSSR count). The van der Waals surface area contributed by atoms with Crippen molar-refractivity contribution in [3.05, 3.63) is 0 Å². The summed E-state index contributed by atoms with van der Waals surface area (Å²) in [5.74, 6) is 9.64. The lowest BCUT2D eigenvalue weighted by Crippen LogP contribution is -2.52. The number of thioether (sulfide) groups is 1. The summed E-state index contributed by atoms with van der Waals surface area (Å²) >= 11 is 2.53. The largest absolute Gasteiger partial charge is 0.154 e. The quantitative estimate of drug-likeness (QED) is 0.329. The first-order valence-corrected chi connectivity index (χ1v) is 20.2. The van der Waals surface area contributed by atoms with Crippen LogP contribution in [0.2, 0.25) is 23.2 Å². The van der Waals surface area contributed by atoms with E-state index in [0.29, 0.717) is 0 Å². The second-order valence-corrected chi connectivity index (χ2v) is 21.5. The van der Waals surface area contributed by atoms with Crippen LogP contribution < -0.4 is 0 Å². The van der Waals surface area contributed by atoms with Gasteiger partial charge in [-0.25, -0.2) is 0 Å². The van der Waals surface area contributed by atoms with Crippen LogP contribution in [0.5, 0.6) is 0 Å². The Labute approximate surface area is 224 Å². The van der Waals surface area contributed by atoms with E-state index in [9.17, 15) is 0 Å². The molecule has 0 bridgehead atoms. The van der Waals surface area contributed by atoms with Gasteiger partial charge in [0.15, 0.2) is 0 Å². The Morgan fingerprint density at radius 2 is 1.29 bits per heavy atom. The summed E-state index contributed by atoms with van der Waals surface area (Å²) in [5.41, 5.74) is 2.29. The molecule has 0 aromatic carbocycles. The zero-order valence-electron chi connectivity index (χ0n) is 24.0. The molecule has 1 saturated heterocycles. The normalized spacial score (nSPS) is 50.7. The van der Waals surface area contributed by atoms with Gasteiger partial charge in [0.25, 0.3) is 0 Å². The third-order valence-electron chi connectivity index (χ3n) is 14.1. The molecule has 0 amide bonds. The van der Waals surface area contributed by atoms with Gasteiger partial charge in [-0.2, -0.15) is 11.8 Å². The molecule has 200 valence electrons. The molecule has 0 spiro atoms. The Morgan fingerprint density at radius 1 is 0.629 bits per heavy atom. The van der Waals surface area contributed by atoms with Crippen molar-refractivity contribution in [3.63, 3.8) is 0 Å². The summed E-state index contributed by atoms with van der Waals surface area (Å²) in [6, 6.07) is 3.20. The van der Waals surface area contributed by atoms with E-state index < -0.39 is 8.07 Å². The van der Waals surface area contributed by atoms with E-state index in [1.54, 1.807) is 82.7 Å². The molecular formula is C33H58SSi. The second-order valence-electron chi connectivity index (χ2n) is 14.9. The molecule has 2 heteroatoms. The van der Waals surface area contributed by atoms with Crippen LogP contribution in [-0.2, 0) is 0 Å². The minimum atomic E-state index is -1.41. The molecule has 0 N–H and O–H groups in total. The number of fused-ring (bicyclic) bond motifs is 4. The molecular weight excluding hydrogens is 457 g/mol. The Bertz CT molecular complexity index is 723. The summed E-state index contributed by atoms with van der Waals surface area (Å²) in [5, 5.41) is 2.05. The van der Waals surface area contributed by atoms with Gasteiger partial charge in [0.05, 0.1) is 8.07 Å². The fourth-order valence-electron chi connectivity index (χ4n) is 12.8. The number of hydrogen-bond acceptors (Lipinski definition) is 1. The minimum Gasteiger partial charge on any atom is -0.154 e. The smallest absolute Gasteiger partial charge is 0.0604 e. The van der Waals surface area contributed by atoms with Crippen molar-refractivity contribution in [3.8, 4) is 0 Å². The van der Waals surface area contributed by atoms with Crippen LogP contribution in [0, 0.1) is 53.3 Å². The van der Waals surface area contributed by atoms with Gasteiger partial charge in [-0.05, 0) is 90.0 Å². The maximum absolute atomic E-state index is 2.78. The highest BCUT2D eigenvalue weighted by Gasteiger charge is 2.65. The van der Waals surface area contributed by atoms with Crippen molar-refractivity contribution < 1.29 is 0 Å². The minimum absolute atomic E-state index is 0.972. The first-order valence-electron chi connectivity index (χ1n) is 16.7. The van der Waals surface area contributed by atoms with Gasteiger partial charge in [-0.15, -0.1) is 0 Å². The lowest BCUT2D eigenvalue weighted by atomic mass is 9.65. The second kappa shape index (κ2) is 10.3. The van der Waals surface area contributed by atoms with Crippen LogP contribution in [0.4, 0.5) is 0 Å². The zero-order chi connectivity index (χ0) is 24.3. The van der Waals surface area contributed by atoms with Gasteiger partial charge in [-0.3, -0.25) is 0 Å². The molecule has 12 unspecified atom stereocenters. The highest BCUT2D eigenvalue weighted by atomic mass is 32.2. The van der Waals surface area contributed by atoms with E-state index in [4.69, 9.17) is 0 Å². The topological polar surface area (TPSA) is 0 Å². The maximum atomic E-state index is 2.78. The van der Waals surface area contributed by atoms with Crippen molar-refractivity contribution in [2.45, 2.75) is 152 Å². The third kappa shape index (κ3) is 4.01. The first-order chi connectivity index (χ1) is 17.0. The lowest BCUT2D eigenvalue weighted by Gasteiger charge is -2.52. The SMILES string of the molecule is CC[Si](CC)(C1C(C)CC2C(C3CCCCC3)CCCC21)C1C(C)C(C)C2SC3CCCCC3C21. The standard InChI is InChI=1S/C33H58SSi/c1-6-35(7-2,33-23(5)22(4)31-30(33)27-16-11-12-19-29(27)34-31)32-21(3)20-28-25(17-13-18-26(28)32)24-14-9-8-10-15-24/h21-33H,6-20H2,1-5H3. The van der Waals surface area contributed by atoms with E-state index in [-0.39, 0.29) is 0 Å². The molecule has 1 aliphatic heterocycles. The van der Waals surface area contributed by atoms with Gasteiger partial charge in [0.1, 0.15) is 0 Å². The van der Waals surface area contributed by atoms with E-state index in [1.807, 2.05) is 0 Å². The monoisotopic (exact) mass is 514 g/mol. The van der Waals surface area contributed by atoms with Crippen LogP contribution in [0.1, 0.15) is 118 Å². The molecule has 12 atom stereocenters. The fourth-order valence-corrected chi connectivity index (χ4v) is 23.1. The van der Waals surface area contributed by atoms with E-state index in [2.05, 4.69) is 46.4 Å². The highest BCUT2D eigenvalue weighted by Crippen LogP contribution is 2.71. The molecule has 0 aromatic rings. The van der Waals surface area contributed by atoms with Gasteiger partial charge in [0, 0.05) is 10.5 Å². The van der Waals surface area contributed by atoms with Crippen molar-refractivity contribution in [1.82, 2.24) is 0 Å². The van der Waals surface area contributed by atoms with Gasteiger partial charge in [-0.1, -0.05) is 104 Å². The van der Waals surface area contributed by atoms with Crippen molar-refractivity contribution in [2.24, 2.45) is 53.3 Å². The third-order valence-corrected chi connectivity index (χ3v) is 23.3. The van der Waals surface area contributed by atoms with E-state index in [1.165, 1.54) is 12.8 Å².